The van der Waals surface area contributed by atoms with Crippen molar-refractivity contribution in [1.82, 2.24) is 4.98 Å². The summed E-state index contributed by atoms with van der Waals surface area (Å²) in [6.07, 6.45) is 0. The van der Waals surface area contributed by atoms with Crippen molar-refractivity contribution in [2.45, 2.75) is 26.2 Å². The van der Waals surface area contributed by atoms with E-state index in [1.807, 2.05) is 6.07 Å². The van der Waals surface area contributed by atoms with Gasteiger partial charge in [-0.2, -0.15) is 4.98 Å². The van der Waals surface area contributed by atoms with Crippen LogP contribution in [0.4, 0.5) is 6.01 Å². The average molecular weight is 283 g/mol. The monoisotopic (exact) mass is 282 g/mol. The van der Waals surface area contributed by atoms with Crippen LogP contribution in [0.2, 0.25) is 0 Å². The second kappa shape index (κ2) is 3.77. The molecular formula is C12H15BrN2O. The zero-order valence-electron chi connectivity index (χ0n) is 9.89. The Morgan fingerprint density at radius 3 is 2.56 bits per heavy atom. The fourth-order valence-corrected chi connectivity index (χ4v) is 2.11. The Labute approximate surface area is 103 Å². The van der Waals surface area contributed by atoms with E-state index in [0.29, 0.717) is 6.01 Å². The van der Waals surface area contributed by atoms with Gasteiger partial charge in [0.05, 0.1) is 0 Å². The van der Waals surface area contributed by atoms with Gasteiger partial charge in [-0.05, 0) is 17.5 Å². The second-order valence-electron chi connectivity index (χ2n) is 4.82. The molecule has 0 radical (unpaired) electrons. The van der Waals surface area contributed by atoms with Crippen molar-refractivity contribution in [3.63, 3.8) is 0 Å². The number of nitrogens with one attached hydrogen (secondary N) is 1. The number of hydrogen-bond acceptors (Lipinski definition) is 3. The molecule has 0 fully saturated rings. The zero-order valence-corrected chi connectivity index (χ0v) is 11.5. The van der Waals surface area contributed by atoms with E-state index in [1.165, 1.54) is 0 Å². The Balaban J connectivity index is 2.76. The summed E-state index contributed by atoms with van der Waals surface area (Å²) in [4.78, 5) is 4.36. The van der Waals surface area contributed by atoms with E-state index in [2.05, 4.69) is 53.1 Å². The van der Waals surface area contributed by atoms with Gasteiger partial charge < -0.3 is 9.73 Å². The molecule has 0 saturated heterocycles. The SMILES string of the molecule is CNc1nc2cc(Br)cc(C(C)(C)C)c2o1. The average Bonchev–Trinajstić information content (AvgIpc) is 2.57. The number of halogens is 1. The molecule has 1 N–H and O–H groups in total. The number of aromatic nitrogens is 1. The molecule has 2 aromatic rings. The maximum absolute atomic E-state index is 5.69. The highest BCUT2D eigenvalue weighted by atomic mass is 79.9. The first-order valence-electron chi connectivity index (χ1n) is 5.20. The molecule has 0 spiro atoms. The van der Waals surface area contributed by atoms with Crippen LogP contribution in [0.5, 0.6) is 0 Å². The van der Waals surface area contributed by atoms with E-state index in [0.717, 1.165) is 21.1 Å². The summed E-state index contributed by atoms with van der Waals surface area (Å²) in [5.41, 5.74) is 2.93. The molecule has 0 bridgehead atoms. The Hall–Kier alpha value is -1.03. The number of fused-ring (bicyclic) bond motifs is 1. The summed E-state index contributed by atoms with van der Waals surface area (Å²) in [5, 5.41) is 2.92. The Morgan fingerprint density at radius 2 is 2.00 bits per heavy atom. The smallest absolute Gasteiger partial charge is 0.295 e. The molecular weight excluding hydrogens is 268 g/mol. The number of anilines is 1. The van der Waals surface area contributed by atoms with Gasteiger partial charge in [0.15, 0.2) is 5.58 Å². The predicted molar refractivity (Wildman–Crippen MR) is 70.0 cm³/mol. The Kier molecular flexibility index (Phi) is 2.70. The van der Waals surface area contributed by atoms with Gasteiger partial charge in [-0.3, -0.25) is 0 Å². The molecule has 1 aromatic heterocycles. The molecule has 2 rings (SSSR count). The predicted octanol–water partition coefficient (Wildman–Crippen LogP) is 3.93. The molecule has 4 heteroatoms. The fraction of sp³-hybridized carbons (Fsp3) is 0.417. The van der Waals surface area contributed by atoms with Crippen LogP contribution in [-0.2, 0) is 5.41 Å². The van der Waals surface area contributed by atoms with E-state index in [9.17, 15) is 0 Å². The molecule has 0 amide bonds. The quantitative estimate of drug-likeness (QED) is 0.861. The van der Waals surface area contributed by atoms with Gasteiger partial charge in [0.25, 0.3) is 6.01 Å². The molecule has 0 aliphatic carbocycles. The van der Waals surface area contributed by atoms with Crippen LogP contribution in [0.1, 0.15) is 26.3 Å². The van der Waals surface area contributed by atoms with Crippen LogP contribution in [0, 0.1) is 0 Å². The van der Waals surface area contributed by atoms with Crippen LogP contribution >= 0.6 is 15.9 Å². The van der Waals surface area contributed by atoms with Gasteiger partial charge in [0.2, 0.25) is 0 Å². The zero-order chi connectivity index (χ0) is 11.9. The lowest BCUT2D eigenvalue weighted by atomic mass is 9.86. The summed E-state index contributed by atoms with van der Waals surface area (Å²) >= 11 is 3.50. The normalized spacial score (nSPS) is 12.1. The third-order valence-electron chi connectivity index (χ3n) is 2.48. The maximum atomic E-state index is 5.69. The highest BCUT2D eigenvalue weighted by Crippen LogP contribution is 2.34. The molecule has 0 aliphatic heterocycles. The van der Waals surface area contributed by atoms with E-state index in [4.69, 9.17) is 4.42 Å². The van der Waals surface area contributed by atoms with E-state index in [-0.39, 0.29) is 5.41 Å². The lowest BCUT2D eigenvalue weighted by molar-refractivity contribution is 0.561. The number of oxazole rings is 1. The molecule has 1 aromatic carbocycles. The van der Waals surface area contributed by atoms with Crippen LogP contribution in [0.15, 0.2) is 21.0 Å². The van der Waals surface area contributed by atoms with Crippen molar-refractivity contribution in [2.24, 2.45) is 0 Å². The number of nitrogens with zero attached hydrogens (tertiary/aromatic N) is 1. The van der Waals surface area contributed by atoms with Crippen molar-refractivity contribution in [3.8, 4) is 0 Å². The highest BCUT2D eigenvalue weighted by molar-refractivity contribution is 9.10. The highest BCUT2D eigenvalue weighted by Gasteiger charge is 2.21. The van der Waals surface area contributed by atoms with Crippen LogP contribution in [-0.4, -0.2) is 12.0 Å². The number of rotatable bonds is 1. The number of hydrogen-bond donors (Lipinski definition) is 1. The second-order valence-corrected chi connectivity index (χ2v) is 5.74. The summed E-state index contributed by atoms with van der Waals surface area (Å²) in [6.45, 7) is 6.49. The van der Waals surface area contributed by atoms with Crippen molar-refractivity contribution in [3.05, 3.63) is 22.2 Å². The Morgan fingerprint density at radius 1 is 1.31 bits per heavy atom. The van der Waals surface area contributed by atoms with Crippen LogP contribution in [0.25, 0.3) is 11.1 Å². The summed E-state index contributed by atoms with van der Waals surface area (Å²) < 4.78 is 6.72. The van der Waals surface area contributed by atoms with Crippen molar-refractivity contribution in [1.29, 1.82) is 0 Å². The molecule has 86 valence electrons. The molecule has 16 heavy (non-hydrogen) atoms. The lowest BCUT2D eigenvalue weighted by Gasteiger charge is -2.19. The maximum Gasteiger partial charge on any atom is 0.295 e. The molecule has 0 atom stereocenters. The minimum absolute atomic E-state index is 0.0343. The molecule has 0 unspecified atom stereocenters. The lowest BCUT2D eigenvalue weighted by Crippen LogP contribution is -2.11. The van der Waals surface area contributed by atoms with Crippen molar-refractivity contribution < 1.29 is 4.42 Å². The molecule has 0 saturated carbocycles. The van der Waals surface area contributed by atoms with Gasteiger partial charge in [-0.1, -0.05) is 36.7 Å². The fourth-order valence-electron chi connectivity index (χ4n) is 1.66. The molecule has 3 nitrogen and oxygen atoms in total. The van der Waals surface area contributed by atoms with Gasteiger partial charge in [0, 0.05) is 17.1 Å². The van der Waals surface area contributed by atoms with Crippen LogP contribution < -0.4 is 5.32 Å². The minimum Gasteiger partial charge on any atom is -0.423 e. The first-order chi connectivity index (χ1) is 7.41. The van der Waals surface area contributed by atoms with E-state index in [1.54, 1.807) is 7.05 Å². The van der Waals surface area contributed by atoms with Crippen LogP contribution in [0.3, 0.4) is 0 Å². The van der Waals surface area contributed by atoms with E-state index < -0.39 is 0 Å². The third-order valence-corrected chi connectivity index (χ3v) is 2.93. The first-order valence-corrected chi connectivity index (χ1v) is 5.99. The molecule has 1 heterocycles. The first kappa shape index (κ1) is 11.5. The topological polar surface area (TPSA) is 38.1 Å². The minimum atomic E-state index is 0.0343. The van der Waals surface area contributed by atoms with Gasteiger partial charge >= 0.3 is 0 Å². The summed E-state index contributed by atoms with van der Waals surface area (Å²) in [6, 6.07) is 4.61. The number of benzene rings is 1. The summed E-state index contributed by atoms with van der Waals surface area (Å²) in [5.74, 6) is 0. The van der Waals surface area contributed by atoms with E-state index >= 15 is 0 Å². The third kappa shape index (κ3) is 1.94. The Bertz CT molecular complexity index is 526. The standard InChI is InChI=1S/C12H15BrN2O/c1-12(2,3)8-5-7(13)6-9-10(8)16-11(14-4)15-9/h5-6H,1-4H3,(H,14,15). The largest absolute Gasteiger partial charge is 0.423 e. The summed E-state index contributed by atoms with van der Waals surface area (Å²) in [7, 11) is 1.80. The van der Waals surface area contributed by atoms with Gasteiger partial charge in [0.1, 0.15) is 5.52 Å². The van der Waals surface area contributed by atoms with Gasteiger partial charge in [-0.15, -0.1) is 0 Å². The van der Waals surface area contributed by atoms with Gasteiger partial charge in [-0.25, -0.2) is 0 Å². The van der Waals surface area contributed by atoms with Crippen molar-refractivity contribution in [2.75, 3.05) is 12.4 Å². The van der Waals surface area contributed by atoms with Crippen molar-refractivity contribution >= 4 is 33.0 Å². The molecule has 0 aliphatic rings.